The minimum atomic E-state index is -0.585. The van der Waals surface area contributed by atoms with Crippen LogP contribution in [-0.2, 0) is 4.74 Å². The molecule has 2 heterocycles. The van der Waals surface area contributed by atoms with Crippen molar-refractivity contribution >= 4 is 11.6 Å². The van der Waals surface area contributed by atoms with Crippen molar-refractivity contribution in [3.05, 3.63) is 23.5 Å². The molecule has 1 N–H and O–H groups in total. The number of nitrogens with zero attached hydrogens (tertiary/aromatic N) is 3. The van der Waals surface area contributed by atoms with Gasteiger partial charge in [-0.15, -0.1) is 0 Å². The summed E-state index contributed by atoms with van der Waals surface area (Å²) in [6.45, 7) is 7.06. The van der Waals surface area contributed by atoms with E-state index in [0.717, 1.165) is 0 Å². The topological polar surface area (TPSA) is 76.7 Å². The van der Waals surface area contributed by atoms with Gasteiger partial charge in [0.25, 0.3) is 0 Å². The molecule has 0 fully saturated rings. The van der Waals surface area contributed by atoms with Gasteiger partial charge < -0.3 is 9.84 Å². The van der Waals surface area contributed by atoms with Gasteiger partial charge >= 0.3 is 5.97 Å². The number of hydrogen-bond acceptors (Lipinski definition) is 5. The van der Waals surface area contributed by atoms with Crippen molar-refractivity contribution < 1.29 is 14.6 Å². The molecule has 18 heavy (non-hydrogen) atoms. The van der Waals surface area contributed by atoms with Crippen molar-refractivity contribution in [2.45, 2.75) is 33.3 Å². The van der Waals surface area contributed by atoms with E-state index in [9.17, 15) is 9.90 Å². The molecule has 0 unspecified atom stereocenters. The molecule has 6 heteroatoms. The van der Waals surface area contributed by atoms with E-state index in [1.165, 1.54) is 10.7 Å². The number of aromatic hydroxyl groups is 1. The van der Waals surface area contributed by atoms with E-state index in [2.05, 4.69) is 10.1 Å². The Morgan fingerprint density at radius 2 is 2.11 bits per heavy atom. The quantitative estimate of drug-likeness (QED) is 0.778. The van der Waals surface area contributed by atoms with Crippen LogP contribution < -0.4 is 0 Å². The molecule has 0 aliphatic heterocycles. The second-order valence-electron chi connectivity index (χ2n) is 5.08. The third kappa shape index (κ3) is 2.27. The molecule has 2 aromatic rings. The average Bonchev–Trinajstić information content (AvgIpc) is 2.59. The first kappa shape index (κ1) is 12.3. The zero-order chi connectivity index (χ0) is 13.5. The summed E-state index contributed by atoms with van der Waals surface area (Å²) in [7, 11) is 0. The van der Waals surface area contributed by atoms with Gasteiger partial charge in [0, 0.05) is 11.8 Å². The highest BCUT2D eigenvalue weighted by molar-refractivity contribution is 5.95. The molecule has 2 rings (SSSR count). The lowest BCUT2D eigenvalue weighted by atomic mass is 10.2. The van der Waals surface area contributed by atoms with Gasteiger partial charge in [-0.2, -0.15) is 10.1 Å². The molecule has 0 aliphatic carbocycles. The van der Waals surface area contributed by atoms with Crippen molar-refractivity contribution in [2.75, 3.05) is 0 Å². The molecule has 0 radical (unpaired) electrons. The fourth-order valence-corrected chi connectivity index (χ4v) is 1.47. The van der Waals surface area contributed by atoms with Gasteiger partial charge in [0.15, 0.2) is 5.65 Å². The highest BCUT2D eigenvalue weighted by Gasteiger charge is 2.22. The van der Waals surface area contributed by atoms with Gasteiger partial charge in [-0.3, -0.25) is 0 Å². The minimum Gasteiger partial charge on any atom is -0.493 e. The first-order valence-corrected chi connectivity index (χ1v) is 5.55. The first-order chi connectivity index (χ1) is 8.28. The largest absolute Gasteiger partial charge is 0.493 e. The molecule has 0 aromatic carbocycles. The lowest BCUT2D eigenvalue weighted by molar-refractivity contribution is 0.00716. The van der Waals surface area contributed by atoms with E-state index in [1.807, 2.05) is 0 Å². The summed E-state index contributed by atoms with van der Waals surface area (Å²) >= 11 is 0. The van der Waals surface area contributed by atoms with E-state index >= 15 is 0 Å². The van der Waals surface area contributed by atoms with Gasteiger partial charge in [-0.1, -0.05) is 0 Å². The SMILES string of the molecule is Cc1cn2ncc(C(=O)OC(C)(C)C)c2nc1O. The Labute approximate surface area is 104 Å². The summed E-state index contributed by atoms with van der Waals surface area (Å²) in [5.74, 6) is -0.624. The van der Waals surface area contributed by atoms with Crippen molar-refractivity contribution in [1.29, 1.82) is 0 Å². The number of hydrogen-bond donors (Lipinski definition) is 1. The number of ether oxygens (including phenoxy) is 1. The molecular formula is C12H15N3O3. The Balaban J connectivity index is 2.46. The maximum atomic E-state index is 11.9. The molecule has 0 aliphatic rings. The maximum absolute atomic E-state index is 11.9. The molecule has 96 valence electrons. The average molecular weight is 249 g/mol. The van der Waals surface area contributed by atoms with E-state index in [0.29, 0.717) is 5.56 Å². The number of rotatable bonds is 1. The van der Waals surface area contributed by atoms with E-state index in [-0.39, 0.29) is 17.1 Å². The molecule has 6 nitrogen and oxygen atoms in total. The third-order valence-electron chi connectivity index (χ3n) is 2.27. The number of aryl methyl sites for hydroxylation is 1. The number of carbonyl (C=O) groups is 1. The summed E-state index contributed by atoms with van der Waals surface area (Å²) in [5.41, 5.74) is 0.520. The highest BCUT2D eigenvalue weighted by atomic mass is 16.6. The fraction of sp³-hybridized carbons (Fsp3) is 0.417. The summed E-state index contributed by atoms with van der Waals surface area (Å²) in [5, 5.41) is 13.6. The zero-order valence-corrected chi connectivity index (χ0v) is 10.8. The molecule has 0 saturated carbocycles. The maximum Gasteiger partial charge on any atom is 0.344 e. The molecule has 0 saturated heterocycles. The number of carbonyl (C=O) groups excluding carboxylic acids is 1. The van der Waals surface area contributed by atoms with Crippen LogP contribution in [0.2, 0.25) is 0 Å². The van der Waals surface area contributed by atoms with Crippen LogP contribution in [0.15, 0.2) is 12.4 Å². The van der Waals surface area contributed by atoms with Crippen LogP contribution in [0.5, 0.6) is 5.88 Å². The summed E-state index contributed by atoms with van der Waals surface area (Å²) in [6, 6.07) is 0. The van der Waals surface area contributed by atoms with Crippen LogP contribution in [0.3, 0.4) is 0 Å². The van der Waals surface area contributed by atoms with Gasteiger partial charge in [0.1, 0.15) is 11.2 Å². The van der Waals surface area contributed by atoms with Crippen molar-refractivity contribution in [2.24, 2.45) is 0 Å². The van der Waals surface area contributed by atoms with Gasteiger partial charge in [-0.25, -0.2) is 9.31 Å². The summed E-state index contributed by atoms with van der Waals surface area (Å²) in [4.78, 5) is 15.9. The molecule has 0 atom stereocenters. The van der Waals surface area contributed by atoms with Crippen molar-refractivity contribution in [3.8, 4) is 5.88 Å². The standard InChI is InChI=1S/C12H15N3O3/c1-7-6-15-9(14-10(7)16)8(5-13-15)11(17)18-12(2,3)4/h5-6H,1-4H3,(H,14,16). The molecular weight excluding hydrogens is 234 g/mol. The normalized spacial score (nSPS) is 11.8. The summed E-state index contributed by atoms with van der Waals surface area (Å²) in [6.07, 6.45) is 2.99. The second-order valence-corrected chi connectivity index (χ2v) is 5.08. The highest BCUT2D eigenvalue weighted by Crippen LogP contribution is 2.19. The molecule has 0 spiro atoms. The molecule has 0 bridgehead atoms. The Kier molecular flexibility index (Phi) is 2.73. The second kappa shape index (κ2) is 3.97. The molecule has 2 aromatic heterocycles. The number of esters is 1. The van der Waals surface area contributed by atoms with Crippen LogP contribution in [0.25, 0.3) is 5.65 Å². The fourth-order valence-electron chi connectivity index (χ4n) is 1.47. The van der Waals surface area contributed by atoms with Gasteiger partial charge in [0.2, 0.25) is 5.88 Å². The lowest BCUT2D eigenvalue weighted by Crippen LogP contribution is -2.23. The van der Waals surface area contributed by atoms with Gasteiger partial charge in [-0.05, 0) is 27.7 Å². The smallest absolute Gasteiger partial charge is 0.344 e. The Morgan fingerprint density at radius 1 is 1.44 bits per heavy atom. The van der Waals surface area contributed by atoms with Crippen molar-refractivity contribution in [3.63, 3.8) is 0 Å². The van der Waals surface area contributed by atoms with Crippen LogP contribution in [-0.4, -0.2) is 31.3 Å². The monoisotopic (exact) mass is 249 g/mol. The summed E-state index contributed by atoms with van der Waals surface area (Å²) < 4.78 is 6.69. The van der Waals surface area contributed by atoms with Gasteiger partial charge in [0.05, 0.1) is 6.20 Å². The van der Waals surface area contributed by atoms with E-state index in [1.54, 1.807) is 33.9 Å². The van der Waals surface area contributed by atoms with Crippen LogP contribution in [0.1, 0.15) is 36.7 Å². The predicted octanol–water partition coefficient (Wildman–Crippen LogP) is 1.70. The lowest BCUT2D eigenvalue weighted by Gasteiger charge is -2.18. The number of fused-ring (bicyclic) bond motifs is 1. The van der Waals surface area contributed by atoms with Crippen molar-refractivity contribution in [1.82, 2.24) is 14.6 Å². The Hall–Kier alpha value is -2.11. The molecule has 0 amide bonds. The predicted molar refractivity (Wildman–Crippen MR) is 64.6 cm³/mol. The first-order valence-electron chi connectivity index (χ1n) is 5.55. The van der Waals surface area contributed by atoms with E-state index in [4.69, 9.17) is 4.74 Å². The van der Waals surface area contributed by atoms with Crippen LogP contribution in [0.4, 0.5) is 0 Å². The van der Waals surface area contributed by atoms with E-state index < -0.39 is 11.6 Å². The Bertz CT molecular complexity index is 611. The van der Waals surface area contributed by atoms with Crippen LogP contribution >= 0.6 is 0 Å². The Morgan fingerprint density at radius 3 is 2.72 bits per heavy atom. The third-order valence-corrected chi connectivity index (χ3v) is 2.27. The van der Waals surface area contributed by atoms with Crippen LogP contribution in [0, 0.1) is 6.92 Å². The number of aromatic nitrogens is 3. The zero-order valence-electron chi connectivity index (χ0n) is 10.8. The minimum absolute atomic E-state index is 0.118.